The number of nitrogens with one attached hydrogen (secondary N) is 2. The monoisotopic (exact) mass is 517 g/mol. The number of hydrogen-bond acceptors (Lipinski definition) is 4. The number of fused-ring (bicyclic) bond motifs is 1. The van der Waals surface area contributed by atoms with E-state index in [-0.39, 0.29) is 34.8 Å². The maximum absolute atomic E-state index is 5.90. The topological polar surface area (TPSA) is 64.1 Å². The molecule has 164 valence electrons. The zero-order valence-electron chi connectivity index (χ0n) is 18.7. The Morgan fingerprint density at radius 2 is 1.93 bits per heavy atom. The number of methoxy groups -OCH3 is 2. The van der Waals surface area contributed by atoms with Crippen LogP contribution in [0.15, 0.2) is 23.2 Å². The molecule has 1 aromatic rings. The van der Waals surface area contributed by atoms with E-state index in [0.29, 0.717) is 18.1 Å². The Hall–Kier alpha value is -1.22. The highest BCUT2D eigenvalue weighted by Crippen LogP contribution is 2.52. The molecular weight excluding hydrogens is 481 g/mol. The second-order valence-corrected chi connectivity index (χ2v) is 9.07. The van der Waals surface area contributed by atoms with Gasteiger partial charge in [-0.15, -0.1) is 24.0 Å². The molecule has 0 radical (unpaired) electrons. The van der Waals surface area contributed by atoms with Crippen LogP contribution < -0.4 is 20.1 Å². The summed E-state index contributed by atoms with van der Waals surface area (Å²) in [6.45, 7) is 10.6. The third kappa shape index (κ3) is 4.60. The molecule has 1 heterocycles. The van der Waals surface area contributed by atoms with Crippen LogP contribution in [-0.4, -0.2) is 52.5 Å². The number of rotatable bonds is 6. The van der Waals surface area contributed by atoms with Crippen molar-refractivity contribution >= 4 is 29.9 Å². The number of ether oxygens (including phenoxy) is 3. The van der Waals surface area contributed by atoms with Crippen molar-refractivity contribution in [3.8, 4) is 11.5 Å². The molecule has 29 heavy (non-hydrogen) atoms. The van der Waals surface area contributed by atoms with E-state index in [4.69, 9.17) is 14.2 Å². The summed E-state index contributed by atoms with van der Waals surface area (Å²) in [4.78, 5) is 4.46. The van der Waals surface area contributed by atoms with Crippen molar-refractivity contribution in [1.29, 1.82) is 0 Å². The fourth-order valence-corrected chi connectivity index (χ4v) is 4.62. The minimum atomic E-state index is -0.106. The molecule has 1 saturated heterocycles. The largest absolute Gasteiger partial charge is 0.493 e. The molecule has 0 bridgehead atoms. The molecule has 1 aliphatic carbocycles. The Morgan fingerprint density at radius 3 is 2.55 bits per heavy atom. The van der Waals surface area contributed by atoms with E-state index in [2.05, 4.69) is 49.4 Å². The first-order valence-corrected chi connectivity index (χ1v) is 10.1. The van der Waals surface area contributed by atoms with E-state index in [1.807, 2.05) is 19.2 Å². The first-order chi connectivity index (χ1) is 13.2. The van der Waals surface area contributed by atoms with Gasteiger partial charge < -0.3 is 24.8 Å². The Morgan fingerprint density at radius 1 is 1.24 bits per heavy atom. The fraction of sp³-hybridized carbons (Fsp3) is 0.682. The van der Waals surface area contributed by atoms with Crippen molar-refractivity contribution in [3.63, 3.8) is 0 Å². The number of guanidine groups is 1. The molecule has 1 aliphatic heterocycles. The summed E-state index contributed by atoms with van der Waals surface area (Å²) in [6, 6.07) is 6.48. The summed E-state index contributed by atoms with van der Waals surface area (Å²) in [5, 5.41) is 7.16. The Bertz CT molecular complexity index is 736. The van der Waals surface area contributed by atoms with Crippen LogP contribution in [0.25, 0.3) is 0 Å². The second-order valence-electron chi connectivity index (χ2n) is 9.07. The van der Waals surface area contributed by atoms with E-state index >= 15 is 0 Å². The number of halogens is 1. The minimum Gasteiger partial charge on any atom is -0.493 e. The summed E-state index contributed by atoms with van der Waals surface area (Å²) in [5.74, 6) is 2.91. The Labute approximate surface area is 192 Å². The first-order valence-electron chi connectivity index (χ1n) is 10.1. The molecular formula is C22H36IN3O3. The van der Waals surface area contributed by atoms with Gasteiger partial charge in [0.05, 0.1) is 20.3 Å². The fourth-order valence-electron chi connectivity index (χ4n) is 4.62. The van der Waals surface area contributed by atoms with E-state index < -0.39 is 0 Å². The lowest BCUT2D eigenvalue weighted by Gasteiger charge is -2.55. The highest BCUT2D eigenvalue weighted by molar-refractivity contribution is 14.0. The predicted octanol–water partition coefficient (Wildman–Crippen LogP) is 3.58. The van der Waals surface area contributed by atoms with Crippen molar-refractivity contribution in [1.82, 2.24) is 10.6 Å². The molecule has 2 fully saturated rings. The molecule has 2 N–H and O–H groups in total. The van der Waals surface area contributed by atoms with Crippen LogP contribution in [0.2, 0.25) is 0 Å². The van der Waals surface area contributed by atoms with Gasteiger partial charge in [0.1, 0.15) is 0 Å². The summed E-state index contributed by atoms with van der Waals surface area (Å²) in [7, 11) is 5.15. The molecule has 7 heteroatoms. The molecule has 3 atom stereocenters. The molecule has 2 aliphatic rings. The van der Waals surface area contributed by atoms with Gasteiger partial charge in [-0.2, -0.15) is 0 Å². The van der Waals surface area contributed by atoms with E-state index in [9.17, 15) is 0 Å². The van der Waals surface area contributed by atoms with E-state index in [0.717, 1.165) is 37.0 Å². The molecule has 0 aromatic heterocycles. The SMILES string of the molecule is CN=C(NCC(C)(C)c1ccc(OC)c(OC)c1)NC1C2CCOC2C1(C)C.I. The maximum Gasteiger partial charge on any atom is 0.191 e. The number of nitrogens with zero attached hydrogens (tertiary/aromatic N) is 1. The molecule has 6 nitrogen and oxygen atoms in total. The van der Waals surface area contributed by atoms with Crippen LogP contribution >= 0.6 is 24.0 Å². The lowest BCUT2D eigenvalue weighted by Crippen LogP contribution is -2.68. The standard InChI is InChI=1S/C22H35N3O3.HI/c1-21(2,14-8-9-16(26-6)17(12-14)27-7)13-24-20(23-5)25-18-15-10-11-28-19(15)22(18,3)4;/h8-9,12,15,18-19H,10-11,13H2,1-7H3,(H2,23,24,25);1H. The Kier molecular flexibility index (Phi) is 7.70. The quantitative estimate of drug-likeness (QED) is 0.343. The number of hydrogen-bond donors (Lipinski definition) is 2. The summed E-state index contributed by atoms with van der Waals surface area (Å²) >= 11 is 0. The van der Waals surface area contributed by atoms with Crippen molar-refractivity contribution in [2.75, 3.05) is 34.4 Å². The molecule has 0 spiro atoms. The van der Waals surface area contributed by atoms with Gasteiger partial charge in [0, 0.05) is 43.0 Å². The third-order valence-corrected chi connectivity index (χ3v) is 6.48. The number of benzene rings is 1. The molecule has 1 saturated carbocycles. The number of aliphatic imine (C=N–C) groups is 1. The molecule has 3 unspecified atom stereocenters. The highest BCUT2D eigenvalue weighted by Gasteiger charge is 2.59. The normalized spacial score (nSPS) is 25.3. The van der Waals surface area contributed by atoms with Crippen LogP contribution in [-0.2, 0) is 10.2 Å². The Balaban J connectivity index is 0.00000300. The van der Waals surface area contributed by atoms with Gasteiger partial charge in [-0.25, -0.2) is 0 Å². The van der Waals surface area contributed by atoms with Crippen LogP contribution in [0.1, 0.15) is 39.7 Å². The van der Waals surface area contributed by atoms with Crippen LogP contribution in [0.3, 0.4) is 0 Å². The van der Waals surface area contributed by atoms with Crippen LogP contribution in [0, 0.1) is 11.3 Å². The zero-order chi connectivity index (χ0) is 20.5. The van der Waals surface area contributed by atoms with Crippen molar-refractivity contribution in [2.24, 2.45) is 16.3 Å². The smallest absolute Gasteiger partial charge is 0.191 e. The summed E-state index contributed by atoms with van der Waals surface area (Å²) in [6.07, 6.45) is 1.49. The van der Waals surface area contributed by atoms with E-state index in [1.54, 1.807) is 14.2 Å². The van der Waals surface area contributed by atoms with Crippen molar-refractivity contribution in [2.45, 2.75) is 51.7 Å². The summed E-state index contributed by atoms with van der Waals surface area (Å²) in [5.41, 5.74) is 1.20. The van der Waals surface area contributed by atoms with E-state index in [1.165, 1.54) is 5.56 Å². The predicted molar refractivity (Wildman–Crippen MR) is 128 cm³/mol. The van der Waals surface area contributed by atoms with Crippen LogP contribution in [0.5, 0.6) is 11.5 Å². The third-order valence-electron chi connectivity index (χ3n) is 6.48. The van der Waals surface area contributed by atoms with Gasteiger partial charge in [-0.1, -0.05) is 33.8 Å². The highest BCUT2D eigenvalue weighted by atomic mass is 127. The van der Waals surface area contributed by atoms with Gasteiger partial charge in [0.2, 0.25) is 0 Å². The maximum atomic E-state index is 5.90. The van der Waals surface area contributed by atoms with Gasteiger partial charge in [0.15, 0.2) is 17.5 Å². The van der Waals surface area contributed by atoms with Gasteiger partial charge in [0.25, 0.3) is 0 Å². The van der Waals surface area contributed by atoms with Crippen molar-refractivity contribution < 1.29 is 14.2 Å². The zero-order valence-corrected chi connectivity index (χ0v) is 21.0. The average Bonchev–Trinajstić information content (AvgIpc) is 3.14. The first kappa shape index (κ1) is 24.1. The molecule has 1 aromatic carbocycles. The second kappa shape index (κ2) is 9.29. The lowest BCUT2D eigenvalue weighted by atomic mass is 9.57. The molecule has 3 rings (SSSR count). The van der Waals surface area contributed by atoms with Gasteiger partial charge in [-0.05, 0) is 24.1 Å². The lowest BCUT2D eigenvalue weighted by molar-refractivity contribution is -0.106. The average molecular weight is 517 g/mol. The van der Waals surface area contributed by atoms with Gasteiger partial charge in [-0.3, -0.25) is 4.99 Å². The van der Waals surface area contributed by atoms with Crippen LogP contribution in [0.4, 0.5) is 0 Å². The minimum absolute atomic E-state index is 0. The summed E-state index contributed by atoms with van der Waals surface area (Å²) < 4.78 is 16.7. The van der Waals surface area contributed by atoms with Crippen molar-refractivity contribution in [3.05, 3.63) is 23.8 Å². The van der Waals surface area contributed by atoms with Gasteiger partial charge >= 0.3 is 0 Å². The molecule has 0 amide bonds.